The van der Waals surface area contributed by atoms with Crippen LogP contribution in [0.2, 0.25) is 5.02 Å². The molecular weight excluding hydrogens is 430 g/mol. The highest BCUT2D eigenvalue weighted by atomic mass is 35.5. The molecule has 0 spiro atoms. The zero-order valence-electron chi connectivity index (χ0n) is 17.9. The number of anilines is 1. The number of hydrogen-bond acceptors (Lipinski definition) is 7. The van der Waals surface area contributed by atoms with Crippen LogP contribution in [-0.2, 0) is 14.3 Å². The van der Waals surface area contributed by atoms with E-state index in [2.05, 4.69) is 10.4 Å². The van der Waals surface area contributed by atoms with Crippen molar-refractivity contribution in [2.45, 2.75) is 54.0 Å². The highest BCUT2D eigenvalue weighted by Crippen LogP contribution is 2.35. The van der Waals surface area contributed by atoms with Crippen molar-refractivity contribution in [3.8, 4) is 0 Å². The van der Waals surface area contributed by atoms with E-state index < -0.39 is 18.0 Å². The van der Waals surface area contributed by atoms with Crippen LogP contribution in [0.5, 0.6) is 0 Å². The van der Waals surface area contributed by atoms with Crippen molar-refractivity contribution in [1.82, 2.24) is 9.78 Å². The largest absolute Gasteiger partial charge is 0.462 e. The number of nitrogens with one attached hydrogen (secondary N) is 1. The fourth-order valence-electron chi connectivity index (χ4n) is 3.05. The second kappa shape index (κ2) is 10.1. The molecule has 2 rings (SSSR count). The molecule has 164 valence electrons. The summed E-state index contributed by atoms with van der Waals surface area (Å²) in [7, 11) is 0. The molecule has 2 heterocycles. The quantitative estimate of drug-likeness (QED) is 0.589. The molecule has 1 N–H and O–H groups in total. The molecule has 8 nitrogen and oxygen atoms in total. The first-order valence-electron chi connectivity index (χ1n) is 9.67. The molecule has 30 heavy (non-hydrogen) atoms. The maximum absolute atomic E-state index is 13.1. The number of aryl methyl sites for hydroxylation is 1. The van der Waals surface area contributed by atoms with Crippen LogP contribution in [0.3, 0.4) is 0 Å². The van der Waals surface area contributed by atoms with Gasteiger partial charge in [-0.2, -0.15) is 5.10 Å². The second-order valence-corrected chi connectivity index (χ2v) is 7.94. The Hall–Kier alpha value is -2.39. The van der Waals surface area contributed by atoms with Gasteiger partial charge in [-0.15, -0.1) is 11.3 Å². The molecule has 0 aliphatic carbocycles. The molecule has 2 aromatic rings. The van der Waals surface area contributed by atoms with E-state index in [1.807, 2.05) is 6.92 Å². The first kappa shape index (κ1) is 23.9. The summed E-state index contributed by atoms with van der Waals surface area (Å²) in [5, 5.41) is 7.89. The van der Waals surface area contributed by atoms with E-state index in [4.69, 9.17) is 21.1 Å². The van der Waals surface area contributed by atoms with Gasteiger partial charge in [0.15, 0.2) is 0 Å². The summed E-state index contributed by atoms with van der Waals surface area (Å²) in [5.41, 5.74) is 1.87. The van der Waals surface area contributed by atoms with Crippen LogP contribution in [0.15, 0.2) is 0 Å². The SMILES string of the molecule is CCOC(=O)c1sc(NC(=O)C(CC)n2nc(C)c(Cl)c2C)c(C(=O)OCC)c1C. The third-order valence-corrected chi connectivity index (χ3v) is 6.28. The van der Waals surface area contributed by atoms with Crippen molar-refractivity contribution in [3.05, 3.63) is 32.4 Å². The third-order valence-electron chi connectivity index (χ3n) is 4.55. The number of esters is 2. The van der Waals surface area contributed by atoms with E-state index in [1.165, 1.54) is 0 Å². The normalized spacial score (nSPS) is 11.8. The van der Waals surface area contributed by atoms with Gasteiger partial charge in [0.05, 0.1) is 35.2 Å². The number of thiophene rings is 1. The van der Waals surface area contributed by atoms with Gasteiger partial charge in [0.1, 0.15) is 15.9 Å². The molecule has 0 fully saturated rings. The molecule has 0 aliphatic rings. The molecule has 0 aromatic carbocycles. The molecule has 0 bridgehead atoms. The van der Waals surface area contributed by atoms with Gasteiger partial charge in [-0.25, -0.2) is 9.59 Å². The fraction of sp³-hybridized carbons (Fsp3) is 0.500. The first-order valence-corrected chi connectivity index (χ1v) is 10.9. The Bertz CT molecular complexity index is 966. The average Bonchev–Trinajstić information content (AvgIpc) is 3.14. The monoisotopic (exact) mass is 455 g/mol. The van der Waals surface area contributed by atoms with E-state index in [-0.39, 0.29) is 34.6 Å². The Morgan fingerprint density at radius 2 is 1.70 bits per heavy atom. The lowest BCUT2D eigenvalue weighted by Crippen LogP contribution is -2.27. The smallest absolute Gasteiger partial charge is 0.348 e. The van der Waals surface area contributed by atoms with Crippen LogP contribution in [0.25, 0.3) is 0 Å². The number of carbonyl (C=O) groups is 3. The number of ether oxygens (including phenoxy) is 2. The van der Waals surface area contributed by atoms with Crippen molar-refractivity contribution in [2.75, 3.05) is 18.5 Å². The van der Waals surface area contributed by atoms with Gasteiger partial charge < -0.3 is 14.8 Å². The van der Waals surface area contributed by atoms with E-state index in [0.717, 1.165) is 11.3 Å². The summed E-state index contributed by atoms with van der Waals surface area (Å²) in [5.74, 6) is -1.54. The maximum atomic E-state index is 13.1. The van der Waals surface area contributed by atoms with Crippen LogP contribution in [0.4, 0.5) is 5.00 Å². The van der Waals surface area contributed by atoms with Crippen LogP contribution < -0.4 is 5.32 Å². The molecule has 10 heteroatoms. The number of nitrogens with zero attached hydrogens (tertiary/aromatic N) is 2. The standard InChI is InChI=1S/C20H26ClN3O5S/c1-7-13(24-12(6)15(21)11(5)23-24)17(25)22-18-14(19(26)28-8-2)10(4)16(30-18)20(27)29-9-3/h13H,7-9H2,1-6H3,(H,22,25). The molecule has 2 aromatic heterocycles. The fourth-order valence-corrected chi connectivity index (χ4v) is 4.27. The lowest BCUT2D eigenvalue weighted by Gasteiger charge is -2.17. The summed E-state index contributed by atoms with van der Waals surface area (Å²) < 4.78 is 11.8. The molecule has 0 radical (unpaired) electrons. The topological polar surface area (TPSA) is 99.5 Å². The zero-order chi connectivity index (χ0) is 22.6. The summed E-state index contributed by atoms with van der Waals surface area (Å²) >= 11 is 7.22. The molecule has 0 saturated heterocycles. The Morgan fingerprint density at radius 1 is 1.10 bits per heavy atom. The van der Waals surface area contributed by atoms with Crippen LogP contribution in [0, 0.1) is 20.8 Å². The van der Waals surface area contributed by atoms with E-state index in [1.54, 1.807) is 39.3 Å². The van der Waals surface area contributed by atoms with Crippen molar-refractivity contribution < 1.29 is 23.9 Å². The number of carbonyl (C=O) groups excluding carboxylic acids is 3. The van der Waals surface area contributed by atoms with Gasteiger partial charge in [0.2, 0.25) is 5.91 Å². The van der Waals surface area contributed by atoms with Gasteiger partial charge >= 0.3 is 11.9 Å². The molecular formula is C20H26ClN3O5S. The number of rotatable bonds is 8. The Morgan fingerprint density at radius 3 is 2.20 bits per heavy atom. The average molecular weight is 456 g/mol. The molecule has 0 aliphatic heterocycles. The highest BCUT2D eigenvalue weighted by Gasteiger charge is 2.30. The summed E-state index contributed by atoms with van der Waals surface area (Å²) in [6, 6.07) is -0.639. The van der Waals surface area contributed by atoms with E-state index in [0.29, 0.717) is 28.4 Å². The van der Waals surface area contributed by atoms with Gasteiger partial charge in [0, 0.05) is 0 Å². The van der Waals surface area contributed by atoms with Crippen LogP contribution in [0.1, 0.15) is 70.2 Å². The van der Waals surface area contributed by atoms with Crippen molar-refractivity contribution in [2.24, 2.45) is 0 Å². The Balaban J connectivity index is 2.45. The number of aromatic nitrogens is 2. The number of hydrogen-bond donors (Lipinski definition) is 1. The molecule has 1 amide bonds. The predicted octanol–water partition coefficient (Wildman–Crippen LogP) is 4.47. The van der Waals surface area contributed by atoms with Crippen molar-refractivity contribution in [3.63, 3.8) is 0 Å². The maximum Gasteiger partial charge on any atom is 0.348 e. The van der Waals surface area contributed by atoms with Gasteiger partial charge in [0.25, 0.3) is 0 Å². The van der Waals surface area contributed by atoms with E-state index in [9.17, 15) is 14.4 Å². The van der Waals surface area contributed by atoms with Crippen LogP contribution in [-0.4, -0.2) is 40.8 Å². The first-order chi connectivity index (χ1) is 14.2. The Labute approximate surface area is 184 Å². The van der Waals surface area contributed by atoms with Crippen molar-refractivity contribution >= 4 is 45.8 Å². The van der Waals surface area contributed by atoms with Gasteiger partial charge in [-0.1, -0.05) is 18.5 Å². The second-order valence-electron chi connectivity index (χ2n) is 6.54. The van der Waals surface area contributed by atoms with Gasteiger partial charge in [-0.3, -0.25) is 9.48 Å². The van der Waals surface area contributed by atoms with E-state index >= 15 is 0 Å². The number of halogens is 1. The highest BCUT2D eigenvalue weighted by molar-refractivity contribution is 7.18. The third kappa shape index (κ3) is 4.67. The molecule has 1 unspecified atom stereocenters. The lowest BCUT2D eigenvalue weighted by atomic mass is 10.1. The lowest BCUT2D eigenvalue weighted by molar-refractivity contribution is -0.119. The minimum absolute atomic E-state index is 0.152. The zero-order valence-corrected chi connectivity index (χ0v) is 19.5. The minimum atomic E-state index is -0.639. The number of amides is 1. The minimum Gasteiger partial charge on any atom is -0.462 e. The molecule has 0 saturated carbocycles. The summed E-state index contributed by atoms with van der Waals surface area (Å²) in [4.78, 5) is 38.1. The summed E-state index contributed by atoms with van der Waals surface area (Å²) in [6.45, 7) is 10.8. The summed E-state index contributed by atoms with van der Waals surface area (Å²) in [6.07, 6.45) is 0.452. The van der Waals surface area contributed by atoms with Crippen LogP contribution >= 0.6 is 22.9 Å². The van der Waals surface area contributed by atoms with Crippen molar-refractivity contribution in [1.29, 1.82) is 0 Å². The molecule has 1 atom stereocenters. The van der Waals surface area contributed by atoms with Gasteiger partial charge in [-0.05, 0) is 46.6 Å². The Kier molecular flexibility index (Phi) is 8.03. The predicted molar refractivity (Wildman–Crippen MR) is 116 cm³/mol.